The van der Waals surface area contributed by atoms with Crippen LogP contribution >= 0.6 is 0 Å². The van der Waals surface area contributed by atoms with Gasteiger partial charge in [-0.3, -0.25) is 9.59 Å². The van der Waals surface area contributed by atoms with Crippen molar-refractivity contribution in [3.63, 3.8) is 0 Å². The summed E-state index contributed by atoms with van der Waals surface area (Å²) >= 11 is 0. The molecule has 0 aliphatic heterocycles. The molecule has 0 aliphatic carbocycles. The Morgan fingerprint density at radius 1 is 0.409 bits per heavy atom. The number of esters is 1. The lowest BCUT2D eigenvalue weighted by molar-refractivity contribution is -0.143. The van der Waals surface area contributed by atoms with E-state index < -0.39 is 12.1 Å². The first-order chi connectivity index (χ1) is 32.5. The van der Waals surface area contributed by atoms with E-state index in [9.17, 15) is 19.8 Å². The van der Waals surface area contributed by atoms with Crippen LogP contribution in [0.1, 0.15) is 335 Å². The summed E-state index contributed by atoms with van der Waals surface area (Å²) < 4.78 is 5.47. The Labute approximate surface area is 412 Å². The number of unbranched alkanes of at least 4 members (excludes halogenated alkanes) is 43. The van der Waals surface area contributed by atoms with Crippen LogP contribution in [0.5, 0.6) is 0 Å². The normalized spacial score (nSPS) is 12.6. The zero-order chi connectivity index (χ0) is 47.9. The van der Waals surface area contributed by atoms with Gasteiger partial charge < -0.3 is 20.3 Å². The highest BCUT2D eigenvalue weighted by atomic mass is 16.5. The lowest BCUT2D eigenvalue weighted by Crippen LogP contribution is -2.45. The highest BCUT2D eigenvalue weighted by Gasteiger charge is 2.20. The van der Waals surface area contributed by atoms with Crippen LogP contribution in [-0.2, 0) is 14.3 Å². The van der Waals surface area contributed by atoms with E-state index in [-0.39, 0.29) is 18.5 Å². The number of nitrogens with one attached hydrogen (secondary N) is 1. The zero-order valence-corrected chi connectivity index (χ0v) is 44.7. The second kappa shape index (κ2) is 56.2. The van der Waals surface area contributed by atoms with Gasteiger partial charge in [0.05, 0.1) is 25.4 Å². The topological polar surface area (TPSA) is 95.9 Å². The molecule has 0 bridgehead atoms. The summed E-state index contributed by atoms with van der Waals surface area (Å²) in [5, 5.41) is 23.3. The van der Waals surface area contributed by atoms with Crippen LogP contribution in [0.25, 0.3) is 0 Å². The Hall–Kier alpha value is -1.40. The second-order valence-corrected chi connectivity index (χ2v) is 20.7. The van der Waals surface area contributed by atoms with Crippen molar-refractivity contribution in [3.05, 3.63) is 12.2 Å². The Morgan fingerprint density at radius 2 is 0.712 bits per heavy atom. The summed E-state index contributed by atoms with van der Waals surface area (Å²) in [6, 6.07) is -0.547. The average Bonchev–Trinajstić information content (AvgIpc) is 3.32. The highest BCUT2D eigenvalue weighted by Crippen LogP contribution is 2.18. The first-order valence-electron chi connectivity index (χ1n) is 29.9. The van der Waals surface area contributed by atoms with Gasteiger partial charge in [-0.05, 0) is 51.4 Å². The zero-order valence-electron chi connectivity index (χ0n) is 44.7. The summed E-state index contributed by atoms with van der Waals surface area (Å²) in [7, 11) is 0. The fourth-order valence-corrected chi connectivity index (χ4v) is 9.46. The highest BCUT2D eigenvalue weighted by molar-refractivity contribution is 5.76. The van der Waals surface area contributed by atoms with Crippen molar-refractivity contribution in [1.82, 2.24) is 5.32 Å². The molecule has 0 rings (SSSR count). The Balaban J connectivity index is 3.42. The number of aliphatic hydroxyl groups is 2. The predicted octanol–water partition coefficient (Wildman–Crippen LogP) is 18.5. The molecule has 0 aliphatic rings. The number of rotatable bonds is 56. The van der Waals surface area contributed by atoms with Crippen molar-refractivity contribution >= 4 is 11.9 Å². The summed E-state index contributed by atoms with van der Waals surface area (Å²) in [5.74, 6) is -0.0327. The third-order valence-corrected chi connectivity index (χ3v) is 14.1. The minimum absolute atomic E-state index is 0.00838. The van der Waals surface area contributed by atoms with Gasteiger partial charge in [0, 0.05) is 12.8 Å². The maximum atomic E-state index is 12.5. The minimum atomic E-state index is -0.669. The van der Waals surface area contributed by atoms with Crippen LogP contribution in [0.2, 0.25) is 0 Å². The third-order valence-electron chi connectivity index (χ3n) is 14.1. The van der Waals surface area contributed by atoms with Crippen LogP contribution in [-0.4, -0.2) is 47.4 Å². The number of carbonyl (C=O) groups excluding carboxylic acids is 2. The molecule has 0 saturated heterocycles. The van der Waals surface area contributed by atoms with Gasteiger partial charge in [0.25, 0.3) is 0 Å². The fourth-order valence-electron chi connectivity index (χ4n) is 9.46. The van der Waals surface area contributed by atoms with Gasteiger partial charge in [-0.2, -0.15) is 0 Å². The molecule has 0 saturated carbocycles. The maximum absolute atomic E-state index is 12.5. The molecule has 6 nitrogen and oxygen atoms in total. The molecule has 66 heavy (non-hydrogen) atoms. The van der Waals surface area contributed by atoms with Crippen LogP contribution in [0, 0.1) is 0 Å². The quantitative estimate of drug-likeness (QED) is 0.0321. The van der Waals surface area contributed by atoms with Crippen molar-refractivity contribution in [2.45, 2.75) is 347 Å². The Kier molecular flexibility index (Phi) is 55.0. The van der Waals surface area contributed by atoms with Crippen molar-refractivity contribution < 1.29 is 24.5 Å². The number of ether oxygens (including phenoxy) is 1. The maximum Gasteiger partial charge on any atom is 0.305 e. The van der Waals surface area contributed by atoms with Crippen LogP contribution in [0.3, 0.4) is 0 Å². The smallest absolute Gasteiger partial charge is 0.305 e. The Morgan fingerprint density at radius 3 is 1.08 bits per heavy atom. The van der Waals surface area contributed by atoms with Gasteiger partial charge in [-0.15, -0.1) is 0 Å². The molecule has 392 valence electrons. The molecule has 0 aromatic carbocycles. The van der Waals surface area contributed by atoms with E-state index in [1.165, 1.54) is 263 Å². The van der Waals surface area contributed by atoms with E-state index in [2.05, 4.69) is 31.3 Å². The molecule has 0 spiro atoms. The molecule has 3 N–H and O–H groups in total. The summed E-state index contributed by atoms with van der Waals surface area (Å²) in [6.45, 7) is 4.97. The number of hydrogen-bond acceptors (Lipinski definition) is 5. The summed E-state index contributed by atoms with van der Waals surface area (Å²) in [4.78, 5) is 24.5. The lowest BCUT2D eigenvalue weighted by atomic mass is 10.0. The van der Waals surface area contributed by atoms with Gasteiger partial charge in [-0.1, -0.05) is 283 Å². The number of hydrogen-bond donors (Lipinski definition) is 3. The Bertz CT molecular complexity index is 986. The van der Waals surface area contributed by atoms with Crippen LogP contribution < -0.4 is 5.32 Å². The molecular formula is C60H117NO5. The molecule has 0 aromatic heterocycles. The molecule has 0 heterocycles. The molecular weight excluding hydrogens is 815 g/mol. The molecule has 0 radical (unpaired) electrons. The van der Waals surface area contributed by atoms with Gasteiger partial charge in [0.1, 0.15) is 0 Å². The first kappa shape index (κ1) is 64.6. The minimum Gasteiger partial charge on any atom is -0.466 e. The lowest BCUT2D eigenvalue weighted by Gasteiger charge is -2.22. The SMILES string of the molecule is CCCCCCCCCCCCCCCCCCC(O)C(CO)NC(=O)CCCCCCCCC/C=C\CCCCCCCCCCCOC(=O)CCCCCCCCCCCCCCC. The standard InChI is InChI=1S/C60H117NO5/c1-3-5-7-9-11-13-15-17-18-25-29-32-36-40-44-48-52-58(63)57(56-62)61-59(64)53-49-45-41-37-33-30-26-23-21-19-20-22-24-27-31-35-39-43-47-51-55-66-60(65)54-50-46-42-38-34-28-16-14-12-10-8-6-4-2/h19,21,57-58,62-63H,3-18,20,22-56H2,1-2H3,(H,61,64)/b21-19-. The molecule has 0 fully saturated rings. The van der Waals surface area contributed by atoms with Crippen LogP contribution in [0.15, 0.2) is 12.2 Å². The van der Waals surface area contributed by atoms with Crippen molar-refractivity contribution in [2.75, 3.05) is 13.2 Å². The molecule has 0 aromatic rings. The number of amides is 1. The van der Waals surface area contributed by atoms with Gasteiger partial charge in [-0.25, -0.2) is 0 Å². The number of carbonyl (C=O) groups is 2. The third kappa shape index (κ3) is 52.0. The van der Waals surface area contributed by atoms with E-state index in [0.29, 0.717) is 25.9 Å². The van der Waals surface area contributed by atoms with E-state index in [0.717, 1.165) is 38.5 Å². The average molecular weight is 933 g/mol. The first-order valence-corrected chi connectivity index (χ1v) is 29.9. The van der Waals surface area contributed by atoms with Gasteiger partial charge in [0.2, 0.25) is 5.91 Å². The van der Waals surface area contributed by atoms with Crippen molar-refractivity contribution in [2.24, 2.45) is 0 Å². The second-order valence-electron chi connectivity index (χ2n) is 20.7. The van der Waals surface area contributed by atoms with E-state index in [1.807, 2.05) is 0 Å². The largest absolute Gasteiger partial charge is 0.466 e. The number of aliphatic hydroxyl groups excluding tert-OH is 2. The van der Waals surface area contributed by atoms with Crippen LogP contribution in [0.4, 0.5) is 0 Å². The molecule has 2 unspecified atom stereocenters. The molecule has 6 heteroatoms. The number of allylic oxidation sites excluding steroid dienone is 2. The predicted molar refractivity (Wildman–Crippen MR) is 287 cm³/mol. The van der Waals surface area contributed by atoms with Gasteiger partial charge in [0.15, 0.2) is 0 Å². The van der Waals surface area contributed by atoms with E-state index >= 15 is 0 Å². The summed E-state index contributed by atoms with van der Waals surface area (Å²) in [5.41, 5.74) is 0. The van der Waals surface area contributed by atoms with Crippen molar-refractivity contribution in [1.29, 1.82) is 0 Å². The van der Waals surface area contributed by atoms with Crippen molar-refractivity contribution in [3.8, 4) is 0 Å². The van der Waals surface area contributed by atoms with Gasteiger partial charge >= 0.3 is 5.97 Å². The van der Waals surface area contributed by atoms with E-state index in [4.69, 9.17) is 4.74 Å². The molecule has 2 atom stereocenters. The van der Waals surface area contributed by atoms with E-state index in [1.54, 1.807) is 0 Å². The molecule has 1 amide bonds. The fraction of sp³-hybridized carbons (Fsp3) is 0.933. The monoisotopic (exact) mass is 932 g/mol. The summed E-state index contributed by atoms with van der Waals surface area (Å²) in [6.07, 6.45) is 66.3.